The molecule has 0 spiro atoms. The number of rotatable bonds is 6. The maximum atomic E-state index is 13.3. The Morgan fingerprint density at radius 3 is 2.65 bits per heavy atom. The standard InChI is InChI=1S/C14H20ClFN2O3S.ClH/c1-21-10-14(4-6-17-7-5-14)9-18-22(19,20)13-8-11(16)2-3-12(13)15;/h2-3,8,17-18H,4-7,9-10H2,1H3;1H. The largest absolute Gasteiger partial charge is 0.384 e. The number of ether oxygens (including phenoxy) is 1. The topological polar surface area (TPSA) is 67.4 Å². The second-order valence-corrected chi connectivity index (χ2v) is 7.72. The van der Waals surface area contributed by atoms with E-state index in [9.17, 15) is 12.8 Å². The van der Waals surface area contributed by atoms with E-state index in [0.717, 1.165) is 38.1 Å². The molecule has 0 unspecified atom stereocenters. The number of hydrogen-bond acceptors (Lipinski definition) is 4. The molecule has 1 aliphatic rings. The zero-order valence-electron chi connectivity index (χ0n) is 12.8. The molecule has 9 heteroatoms. The first-order valence-corrected chi connectivity index (χ1v) is 8.89. The quantitative estimate of drug-likeness (QED) is 0.786. The summed E-state index contributed by atoms with van der Waals surface area (Å²) >= 11 is 5.88. The van der Waals surface area contributed by atoms with Gasteiger partial charge in [0.15, 0.2) is 0 Å². The summed E-state index contributed by atoms with van der Waals surface area (Å²) in [5, 5.41) is 3.24. The van der Waals surface area contributed by atoms with Crippen LogP contribution in [0.5, 0.6) is 0 Å². The number of methoxy groups -OCH3 is 1. The Morgan fingerprint density at radius 2 is 2.04 bits per heavy atom. The first-order valence-electron chi connectivity index (χ1n) is 7.03. The van der Waals surface area contributed by atoms with Gasteiger partial charge in [-0.2, -0.15) is 0 Å². The van der Waals surface area contributed by atoms with E-state index < -0.39 is 15.8 Å². The van der Waals surface area contributed by atoms with Crippen molar-refractivity contribution in [1.82, 2.24) is 10.0 Å². The van der Waals surface area contributed by atoms with E-state index in [1.54, 1.807) is 7.11 Å². The summed E-state index contributed by atoms with van der Waals surface area (Å²) < 4.78 is 45.8. The monoisotopic (exact) mass is 386 g/mol. The second-order valence-electron chi connectivity index (χ2n) is 5.58. The molecule has 23 heavy (non-hydrogen) atoms. The minimum absolute atomic E-state index is 0. The van der Waals surface area contributed by atoms with Crippen molar-refractivity contribution in [3.63, 3.8) is 0 Å². The lowest BCUT2D eigenvalue weighted by Gasteiger charge is -2.37. The van der Waals surface area contributed by atoms with Crippen LogP contribution in [0.3, 0.4) is 0 Å². The number of hydrogen-bond donors (Lipinski definition) is 2. The van der Waals surface area contributed by atoms with E-state index >= 15 is 0 Å². The lowest BCUT2D eigenvalue weighted by atomic mass is 9.80. The first kappa shape index (κ1) is 20.6. The van der Waals surface area contributed by atoms with Crippen LogP contribution in [0.2, 0.25) is 5.02 Å². The summed E-state index contributed by atoms with van der Waals surface area (Å²) in [6, 6.07) is 3.29. The van der Waals surface area contributed by atoms with Gasteiger partial charge in [-0.3, -0.25) is 0 Å². The highest BCUT2D eigenvalue weighted by Crippen LogP contribution is 2.29. The van der Waals surface area contributed by atoms with Crippen LogP contribution in [-0.2, 0) is 14.8 Å². The van der Waals surface area contributed by atoms with Gasteiger partial charge in [0, 0.05) is 19.1 Å². The highest BCUT2D eigenvalue weighted by Gasteiger charge is 2.34. The molecule has 1 saturated heterocycles. The highest BCUT2D eigenvalue weighted by atomic mass is 35.5. The van der Waals surface area contributed by atoms with Crippen molar-refractivity contribution < 1.29 is 17.5 Å². The number of benzene rings is 1. The second kappa shape index (κ2) is 8.60. The molecule has 0 atom stereocenters. The maximum absolute atomic E-state index is 13.3. The Bertz CT molecular complexity index is 617. The Labute approximate surface area is 147 Å². The Kier molecular flexibility index (Phi) is 7.70. The summed E-state index contributed by atoms with van der Waals surface area (Å²) in [5.74, 6) is -0.641. The van der Waals surface area contributed by atoms with Crippen molar-refractivity contribution in [3.8, 4) is 0 Å². The molecule has 5 nitrogen and oxygen atoms in total. The molecule has 132 valence electrons. The minimum atomic E-state index is -3.87. The third-order valence-electron chi connectivity index (χ3n) is 3.93. The van der Waals surface area contributed by atoms with Gasteiger partial charge in [-0.05, 0) is 44.1 Å². The Balaban J connectivity index is 0.00000264. The fourth-order valence-electron chi connectivity index (χ4n) is 2.64. The van der Waals surface area contributed by atoms with Gasteiger partial charge < -0.3 is 10.1 Å². The SMILES string of the molecule is COCC1(CNS(=O)(=O)c2cc(F)ccc2Cl)CCNCC1.Cl. The van der Waals surface area contributed by atoms with Crippen LogP contribution in [0.25, 0.3) is 0 Å². The average Bonchev–Trinajstić information content (AvgIpc) is 2.49. The van der Waals surface area contributed by atoms with Crippen LogP contribution >= 0.6 is 24.0 Å². The average molecular weight is 387 g/mol. The predicted octanol–water partition coefficient (Wildman–Crippen LogP) is 2.20. The van der Waals surface area contributed by atoms with Gasteiger partial charge >= 0.3 is 0 Å². The maximum Gasteiger partial charge on any atom is 0.242 e. The van der Waals surface area contributed by atoms with Crippen molar-refractivity contribution in [2.45, 2.75) is 17.7 Å². The van der Waals surface area contributed by atoms with Crippen LogP contribution in [0.1, 0.15) is 12.8 Å². The number of halogens is 3. The van der Waals surface area contributed by atoms with Gasteiger partial charge in [-0.25, -0.2) is 17.5 Å². The van der Waals surface area contributed by atoms with E-state index in [2.05, 4.69) is 10.0 Å². The van der Waals surface area contributed by atoms with Crippen molar-refractivity contribution in [2.24, 2.45) is 5.41 Å². The van der Waals surface area contributed by atoms with Gasteiger partial charge in [0.2, 0.25) is 10.0 Å². The molecule has 1 aliphatic heterocycles. The molecule has 1 aromatic rings. The number of sulfonamides is 1. The van der Waals surface area contributed by atoms with Crippen molar-refractivity contribution in [3.05, 3.63) is 29.0 Å². The molecule has 0 aliphatic carbocycles. The Hall–Kier alpha value is -0.440. The van der Waals surface area contributed by atoms with Crippen LogP contribution < -0.4 is 10.0 Å². The van der Waals surface area contributed by atoms with Gasteiger partial charge in [0.1, 0.15) is 10.7 Å². The van der Waals surface area contributed by atoms with E-state index in [4.69, 9.17) is 16.3 Å². The van der Waals surface area contributed by atoms with E-state index in [0.29, 0.717) is 6.61 Å². The summed E-state index contributed by atoms with van der Waals surface area (Å²) in [4.78, 5) is -0.240. The molecule has 1 aromatic carbocycles. The summed E-state index contributed by atoms with van der Waals surface area (Å²) in [6.07, 6.45) is 1.61. The van der Waals surface area contributed by atoms with Gasteiger partial charge in [-0.15, -0.1) is 12.4 Å². The van der Waals surface area contributed by atoms with E-state index in [-0.39, 0.29) is 34.3 Å². The van der Waals surface area contributed by atoms with Crippen LogP contribution in [0.4, 0.5) is 4.39 Å². The van der Waals surface area contributed by atoms with Crippen LogP contribution in [0, 0.1) is 11.2 Å². The molecule has 0 amide bonds. The zero-order valence-corrected chi connectivity index (χ0v) is 15.2. The molecule has 0 saturated carbocycles. The van der Waals surface area contributed by atoms with Gasteiger partial charge in [-0.1, -0.05) is 11.6 Å². The Morgan fingerprint density at radius 1 is 1.39 bits per heavy atom. The molecule has 2 N–H and O–H groups in total. The predicted molar refractivity (Wildman–Crippen MR) is 90.3 cm³/mol. The van der Waals surface area contributed by atoms with Gasteiger partial charge in [0.25, 0.3) is 0 Å². The highest BCUT2D eigenvalue weighted by molar-refractivity contribution is 7.89. The van der Waals surface area contributed by atoms with Crippen molar-refractivity contribution >= 4 is 34.0 Å². The van der Waals surface area contributed by atoms with Gasteiger partial charge in [0.05, 0.1) is 11.6 Å². The molecule has 0 bridgehead atoms. The molecular formula is C14H21Cl2FN2O3S. The fraction of sp³-hybridized carbons (Fsp3) is 0.571. The number of nitrogens with one attached hydrogen (secondary N) is 2. The molecule has 0 aromatic heterocycles. The first-order chi connectivity index (χ1) is 10.4. The minimum Gasteiger partial charge on any atom is -0.384 e. The van der Waals surface area contributed by atoms with E-state index in [1.165, 1.54) is 6.07 Å². The summed E-state index contributed by atoms with van der Waals surface area (Å²) in [7, 11) is -2.27. The normalized spacial score (nSPS) is 17.5. The lowest BCUT2D eigenvalue weighted by Crippen LogP contribution is -2.47. The molecular weight excluding hydrogens is 366 g/mol. The smallest absolute Gasteiger partial charge is 0.242 e. The zero-order chi connectivity index (χ0) is 16.2. The third-order valence-corrected chi connectivity index (χ3v) is 5.82. The molecule has 1 heterocycles. The molecule has 2 rings (SSSR count). The van der Waals surface area contributed by atoms with Crippen molar-refractivity contribution in [1.29, 1.82) is 0 Å². The third kappa shape index (κ3) is 5.27. The van der Waals surface area contributed by atoms with E-state index in [1.807, 2.05) is 0 Å². The van der Waals surface area contributed by atoms with Crippen molar-refractivity contribution in [2.75, 3.05) is 33.4 Å². The van der Waals surface area contributed by atoms with Crippen LogP contribution in [0.15, 0.2) is 23.1 Å². The number of piperidine rings is 1. The lowest BCUT2D eigenvalue weighted by molar-refractivity contribution is 0.0577. The molecule has 0 radical (unpaired) electrons. The summed E-state index contributed by atoms with van der Waals surface area (Å²) in [6.45, 7) is 2.32. The molecule has 1 fully saturated rings. The van der Waals surface area contributed by atoms with Crippen LogP contribution in [-0.4, -0.2) is 41.8 Å². The summed E-state index contributed by atoms with van der Waals surface area (Å²) in [5.41, 5.74) is -0.257. The fourth-order valence-corrected chi connectivity index (χ4v) is 4.31.